The molecular formula is C27H34N2O2S. The number of benzene rings is 3. The van der Waals surface area contributed by atoms with E-state index in [4.69, 9.17) is 0 Å². The Balaban J connectivity index is 1.49. The van der Waals surface area contributed by atoms with Gasteiger partial charge in [0.1, 0.15) is 0 Å². The van der Waals surface area contributed by atoms with Crippen LogP contribution in [0.1, 0.15) is 37.0 Å². The summed E-state index contributed by atoms with van der Waals surface area (Å²) in [6.45, 7) is 7.68. The summed E-state index contributed by atoms with van der Waals surface area (Å²) in [7, 11) is -3.13. The van der Waals surface area contributed by atoms with E-state index < -0.39 is 9.84 Å². The van der Waals surface area contributed by atoms with E-state index in [0.29, 0.717) is 4.90 Å². The molecule has 32 heavy (non-hydrogen) atoms. The summed E-state index contributed by atoms with van der Waals surface area (Å²) >= 11 is 0. The molecular weight excluding hydrogens is 416 g/mol. The minimum Gasteiger partial charge on any atom is -0.385 e. The van der Waals surface area contributed by atoms with Crippen LogP contribution >= 0.6 is 0 Å². The zero-order chi connectivity index (χ0) is 22.8. The van der Waals surface area contributed by atoms with Gasteiger partial charge in [0, 0.05) is 25.3 Å². The Labute approximate surface area is 193 Å². The van der Waals surface area contributed by atoms with Crippen molar-refractivity contribution in [3.63, 3.8) is 0 Å². The van der Waals surface area contributed by atoms with E-state index in [9.17, 15) is 8.42 Å². The molecule has 0 spiro atoms. The maximum absolute atomic E-state index is 11.9. The van der Waals surface area contributed by atoms with Crippen LogP contribution in [0.4, 0.5) is 5.69 Å². The Bertz CT molecular complexity index is 1050. The van der Waals surface area contributed by atoms with E-state index in [0.717, 1.165) is 50.3 Å². The maximum Gasteiger partial charge on any atom is 0.178 e. The van der Waals surface area contributed by atoms with Gasteiger partial charge in [-0.25, -0.2) is 8.42 Å². The fourth-order valence-electron chi connectivity index (χ4n) is 3.74. The van der Waals surface area contributed by atoms with Crippen LogP contribution in [-0.4, -0.2) is 32.2 Å². The first kappa shape index (κ1) is 24.0. The van der Waals surface area contributed by atoms with E-state index >= 15 is 0 Å². The molecule has 0 heterocycles. The highest BCUT2D eigenvalue weighted by Crippen LogP contribution is 2.15. The fourth-order valence-corrected chi connectivity index (χ4v) is 4.62. The standard InChI is InChI=1S/C27H34N2O2S/c1-3-20-29(21-24-8-6-5-7-9-24)22-25-10-14-26(15-11-25)28-19-18-23-12-16-27(17-13-23)32(30,31)4-2/h5-17,28H,3-4,18-22H2,1-2H3. The van der Waals surface area contributed by atoms with Gasteiger partial charge in [-0.3, -0.25) is 4.90 Å². The van der Waals surface area contributed by atoms with Crippen molar-refractivity contribution in [3.8, 4) is 0 Å². The highest BCUT2D eigenvalue weighted by Gasteiger charge is 2.10. The number of hydrogen-bond acceptors (Lipinski definition) is 4. The number of hydrogen-bond donors (Lipinski definition) is 1. The van der Waals surface area contributed by atoms with Gasteiger partial charge in [-0.15, -0.1) is 0 Å². The van der Waals surface area contributed by atoms with E-state index in [1.807, 2.05) is 12.1 Å². The van der Waals surface area contributed by atoms with Crippen LogP contribution in [0, 0.1) is 0 Å². The van der Waals surface area contributed by atoms with Gasteiger partial charge in [0.15, 0.2) is 9.84 Å². The van der Waals surface area contributed by atoms with Gasteiger partial charge in [0.2, 0.25) is 0 Å². The lowest BCUT2D eigenvalue weighted by molar-refractivity contribution is 0.257. The maximum atomic E-state index is 11.9. The van der Waals surface area contributed by atoms with Crippen LogP contribution in [0.25, 0.3) is 0 Å². The van der Waals surface area contributed by atoms with E-state index in [-0.39, 0.29) is 5.75 Å². The predicted molar refractivity (Wildman–Crippen MR) is 134 cm³/mol. The average molecular weight is 451 g/mol. The van der Waals surface area contributed by atoms with Crippen molar-refractivity contribution in [1.82, 2.24) is 4.90 Å². The Kier molecular flexibility index (Phi) is 8.89. The monoisotopic (exact) mass is 450 g/mol. The first-order valence-corrected chi connectivity index (χ1v) is 13.1. The summed E-state index contributed by atoms with van der Waals surface area (Å²) in [4.78, 5) is 2.89. The SMILES string of the molecule is CCCN(Cc1ccccc1)Cc1ccc(NCCc2ccc(S(=O)(=O)CC)cc2)cc1. The molecule has 0 saturated carbocycles. The molecule has 0 atom stereocenters. The third-order valence-corrected chi connectivity index (χ3v) is 7.30. The molecule has 4 nitrogen and oxygen atoms in total. The molecule has 0 aromatic heterocycles. The number of rotatable bonds is 12. The summed E-state index contributed by atoms with van der Waals surface area (Å²) in [5.41, 5.74) is 4.89. The number of sulfone groups is 1. The van der Waals surface area contributed by atoms with Crippen LogP contribution in [0.3, 0.4) is 0 Å². The largest absolute Gasteiger partial charge is 0.385 e. The van der Waals surface area contributed by atoms with Crippen molar-refractivity contribution >= 4 is 15.5 Å². The van der Waals surface area contributed by atoms with Crippen LogP contribution in [0.2, 0.25) is 0 Å². The second kappa shape index (κ2) is 11.8. The summed E-state index contributed by atoms with van der Waals surface area (Å²) in [5.74, 6) is 0.131. The lowest BCUT2D eigenvalue weighted by atomic mass is 10.1. The van der Waals surface area contributed by atoms with Crippen LogP contribution in [0.15, 0.2) is 83.8 Å². The Hall–Kier alpha value is -2.63. The van der Waals surface area contributed by atoms with E-state index in [2.05, 4.69) is 71.7 Å². The third kappa shape index (κ3) is 7.21. The molecule has 0 saturated heterocycles. The molecule has 0 amide bonds. The molecule has 0 fully saturated rings. The predicted octanol–water partition coefficient (Wildman–Crippen LogP) is 5.55. The molecule has 0 bridgehead atoms. The normalized spacial score (nSPS) is 11.6. The zero-order valence-corrected chi connectivity index (χ0v) is 19.9. The molecule has 0 aliphatic rings. The molecule has 3 aromatic carbocycles. The van der Waals surface area contributed by atoms with Gasteiger partial charge in [-0.2, -0.15) is 0 Å². The van der Waals surface area contributed by atoms with Gasteiger partial charge in [0.05, 0.1) is 10.6 Å². The minimum atomic E-state index is -3.13. The second-order valence-corrected chi connectivity index (χ2v) is 10.4. The second-order valence-electron chi connectivity index (χ2n) is 8.12. The van der Waals surface area contributed by atoms with Crippen molar-refractivity contribution in [3.05, 3.63) is 95.6 Å². The van der Waals surface area contributed by atoms with Crippen LogP contribution in [-0.2, 0) is 29.3 Å². The molecule has 0 aliphatic carbocycles. The molecule has 170 valence electrons. The van der Waals surface area contributed by atoms with E-state index in [1.165, 1.54) is 11.1 Å². The Morgan fingerprint density at radius 1 is 0.750 bits per heavy atom. The Morgan fingerprint density at radius 2 is 1.34 bits per heavy atom. The first-order valence-electron chi connectivity index (χ1n) is 11.4. The molecule has 0 radical (unpaired) electrons. The van der Waals surface area contributed by atoms with Gasteiger partial charge in [-0.1, -0.05) is 68.4 Å². The summed E-state index contributed by atoms with van der Waals surface area (Å²) in [6, 6.07) is 26.5. The molecule has 3 rings (SSSR count). The van der Waals surface area contributed by atoms with Gasteiger partial charge >= 0.3 is 0 Å². The minimum absolute atomic E-state index is 0.131. The summed E-state index contributed by atoms with van der Waals surface area (Å²) in [5, 5.41) is 3.46. The summed E-state index contributed by atoms with van der Waals surface area (Å²) in [6.07, 6.45) is 1.98. The lowest BCUT2D eigenvalue weighted by Gasteiger charge is -2.22. The van der Waals surface area contributed by atoms with Gasteiger partial charge in [-0.05, 0) is 60.3 Å². The number of anilines is 1. The molecule has 0 aliphatic heterocycles. The van der Waals surface area contributed by atoms with Crippen LogP contribution < -0.4 is 5.32 Å². The van der Waals surface area contributed by atoms with E-state index in [1.54, 1.807) is 19.1 Å². The van der Waals surface area contributed by atoms with Crippen molar-refractivity contribution in [2.45, 2.75) is 44.7 Å². The Morgan fingerprint density at radius 3 is 1.94 bits per heavy atom. The van der Waals surface area contributed by atoms with Crippen molar-refractivity contribution in [2.24, 2.45) is 0 Å². The molecule has 1 N–H and O–H groups in total. The van der Waals surface area contributed by atoms with Gasteiger partial charge in [0.25, 0.3) is 0 Å². The topological polar surface area (TPSA) is 49.4 Å². The average Bonchev–Trinajstić information content (AvgIpc) is 2.81. The number of nitrogens with zero attached hydrogens (tertiary/aromatic N) is 1. The first-order chi connectivity index (χ1) is 15.5. The molecule has 0 unspecified atom stereocenters. The quantitative estimate of drug-likeness (QED) is 0.393. The van der Waals surface area contributed by atoms with Crippen LogP contribution in [0.5, 0.6) is 0 Å². The molecule has 3 aromatic rings. The van der Waals surface area contributed by atoms with Gasteiger partial charge < -0.3 is 5.32 Å². The highest BCUT2D eigenvalue weighted by atomic mass is 32.2. The molecule has 5 heteroatoms. The van der Waals surface area contributed by atoms with Crippen molar-refractivity contribution in [1.29, 1.82) is 0 Å². The lowest BCUT2D eigenvalue weighted by Crippen LogP contribution is -2.23. The van der Waals surface area contributed by atoms with Crippen molar-refractivity contribution in [2.75, 3.05) is 24.2 Å². The fraction of sp³-hybridized carbons (Fsp3) is 0.333. The zero-order valence-electron chi connectivity index (χ0n) is 19.1. The van der Waals surface area contributed by atoms with Crippen molar-refractivity contribution < 1.29 is 8.42 Å². The number of nitrogens with one attached hydrogen (secondary N) is 1. The highest BCUT2D eigenvalue weighted by molar-refractivity contribution is 7.91. The summed E-state index contributed by atoms with van der Waals surface area (Å²) < 4.78 is 23.8. The third-order valence-electron chi connectivity index (χ3n) is 5.55. The smallest absolute Gasteiger partial charge is 0.178 e.